The van der Waals surface area contributed by atoms with Gasteiger partial charge >= 0.3 is 12.0 Å². The van der Waals surface area contributed by atoms with Gasteiger partial charge in [0.1, 0.15) is 6.61 Å². The summed E-state index contributed by atoms with van der Waals surface area (Å²) in [5, 5.41) is 13.8. The summed E-state index contributed by atoms with van der Waals surface area (Å²) < 4.78 is 4.82. The summed E-state index contributed by atoms with van der Waals surface area (Å²) in [6.07, 6.45) is 1.98. The van der Waals surface area contributed by atoms with Crippen molar-refractivity contribution in [1.29, 1.82) is 0 Å². The number of carboxylic acids is 1. The Bertz CT molecular complexity index is 296. The second-order valence-electron chi connectivity index (χ2n) is 4.92. The number of ether oxygens (including phenoxy) is 1. The van der Waals surface area contributed by atoms with E-state index in [9.17, 15) is 9.59 Å². The monoisotopic (exact) mass is 303 g/mol. The number of carbonyl (C=O) groups is 2. The van der Waals surface area contributed by atoms with Gasteiger partial charge in [-0.2, -0.15) is 0 Å². The first-order valence-corrected chi connectivity index (χ1v) is 7.55. The molecule has 1 atom stereocenters. The van der Waals surface area contributed by atoms with E-state index in [0.29, 0.717) is 6.54 Å². The van der Waals surface area contributed by atoms with Crippen LogP contribution in [0.15, 0.2) is 0 Å². The van der Waals surface area contributed by atoms with Crippen LogP contribution in [0.25, 0.3) is 0 Å². The van der Waals surface area contributed by atoms with Gasteiger partial charge in [-0.25, -0.2) is 9.59 Å². The maximum Gasteiger partial charge on any atom is 0.329 e. The number of nitrogens with one attached hydrogen (secondary N) is 2. The summed E-state index contributed by atoms with van der Waals surface area (Å²) in [6, 6.07) is -0.134. The van der Waals surface area contributed by atoms with Gasteiger partial charge in [0.15, 0.2) is 0 Å². The van der Waals surface area contributed by atoms with Crippen LogP contribution in [0.4, 0.5) is 4.79 Å². The largest absolute Gasteiger partial charge is 0.480 e. The molecule has 0 fully saturated rings. The molecule has 21 heavy (non-hydrogen) atoms. The van der Waals surface area contributed by atoms with Crippen molar-refractivity contribution >= 4 is 12.0 Å². The zero-order valence-electron chi connectivity index (χ0n) is 13.4. The van der Waals surface area contributed by atoms with Gasteiger partial charge in [-0.1, -0.05) is 13.8 Å². The van der Waals surface area contributed by atoms with Gasteiger partial charge < -0.3 is 25.4 Å². The molecule has 0 aliphatic carbocycles. The lowest BCUT2D eigenvalue weighted by Crippen LogP contribution is -2.42. The maximum absolute atomic E-state index is 11.6. The van der Waals surface area contributed by atoms with E-state index in [0.717, 1.165) is 32.5 Å². The molecule has 0 aromatic carbocycles. The molecule has 0 aromatic rings. The van der Waals surface area contributed by atoms with Crippen molar-refractivity contribution in [2.45, 2.75) is 39.7 Å². The predicted octanol–water partition coefficient (Wildman–Crippen LogP) is 0.897. The molecule has 0 heterocycles. The molecule has 0 spiro atoms. The summed E-state index contributed by atoms with van der Waals surface area (Å²) in [4.78, 5) is 24.1. The molecular formula is C14H29N3O4. The van der Waals surface area contributed by atoms with Gasteiger partial charge in [-0.05, 0) is 39.4 Å². The Kier molecular flexibility index (Phi) is 11.6. The van der Waals surface area contributed by atoms with Crippen molar-refractivity contribution in [2.75, 3.05) is 39.4 Å². The molecule has 1 unspecified atom stereocenters. The highest BCUT2D eigenvalue weighted by molar-refractivity contribution is 5.74. The minimum Gasteiger partial charge on any atom is -0.480 e. The van der Waals surface area contributed by atoms with Crippen LogP contribution in [0.2, 0.25) is 0 Å². The van der Waals surface area contributed by atoms with Crippen LogP contribution in [-0.2, 0) is 9.53 Å². The Morgan fingerprint density at radius 3 is 2.52 bits per heavy atom. The summed E-state index contributed by atoms with van der Waals surface area (Å²) in [5.41, 5.74) is 0. The summed E-state index contributed by atoms with van der Waals surface area (Å²) in [7, 11) is 0. The number of urea groups is 1. The number of nitrogens with zero attached hydrogens (tertiary/aromatic N) is 1. The van der Waals surface area contributed by atoms with Crippen LogP contribution in [0.5, 0.6) is 0 Å². The number of carbonyl (C=O) groups excluding carboxylic acids is 1. The number of hydrogen-bond acceptors (Lipinski definition) is 4. The lowest BCUT2D eigenvalue weighted by Gasteiger charge is -2.19. The summed E-state index contributed by atoms with van der Waals surface area (Å²) >= 11 is 0. The minimum atomic E-state index is -1.01. The SMILES string of the molecule is CCN(CC)CCCC(C)NC(=O)NCCOCC(=O)O. The highest BCUT2D eigenvalue weighted by Crippen LogP contribution is 1.99. The van der Waals surface area contributed by atoms with Gasteiger partial charge in [0.05, 0.1) is 6.61 Å². The molecule has 0 aliphatic heterocycles. The predicted molar refractivity (Wildman–Crippen MR) is 81.5 cm³/mol. The highest BCUT2D eigenvalue weighted by Gasteiger charge is 2.07. The molecule has 0 aromatic heterocycles. The fourth-order valence-corrected chi connectivity index (χ4v) is 1.90. The second-order valence-corrected chi connectivity index (χ2v) is 4.92. The topological polar surface area (TPSA) is 90.9 Å². The van der Waals surface area contributed by atoms with Crippen LogP contribution in [0.3, 0.4) is 0 Å². The first kappa shape index (κ1) is 19.7. The number of amides is 2. The zero-order chi connectivity index (χ0) is 16.1. The van der Waals surface area contributed by atoms with Crippen LogP contribution in [-0.4, -0.2) is 67.4 Å². The third-order valence-corrected chi connectivity index (χ3v) is 3.14. The van der Waals surface area contributed by atoms with Crippen molar-refractivity contribution < 1.29 is 19.4 Å². The normalized spacial score (nSPS) is 12.2. The molecule has 3 N–H and O–H groups in total. The van der Waals surface area contributed by atoms with Crippen molar-refractivity contribution in [3.63, 3.8) is 0 Å². The standard InChI is InChI=1S/C14H29N3O4/c1-4-17(5-2)9-6-7-12(3)16-14(20)15-8-10-21-11-13(18)19/h12H,4-11H2,1-3H3,(H,18,19)(H2,15,16,20). The van der Waals surface area contributed by atoms with Crippen LogP contribution >= 0.6 is 0 Å². The van der Waals surface area contributed by atoms with Gasteiger partial charge in [0.2, 0.25) is 0 Å². The number of hydrogen-bond donors (Lipinski definition) is 3. The van der Waals surface area contributed by atoms with E-state index >= 15 is 0 Å². The fourth-order valence-electron chi connectivity index (χ4n) is 1.90. The van der Waals surface area contributed by atoms with Gasteiger partial charge in [-0.3, -0.25) is 0 Å². The van der Waals surface area contributed by atoms with Gasteiger partial charge in [0.25, 0.3) is 0 Å². The van der Waals surface area contributed by atoms with Crippen molar-refractivity contribution in [1.82, 2.24) is 15.5 Å². The molecule has 7 heteroatoms. The van der Waals surface area contributed by atoms with E-state index in [1.54, 1.807) is 0 Å². The number of rotatable bonds is 12. The number of aliphatic carboxylic acids is 1. The molecule has 0 aliphatic rings. The number of carboxylic acid groups (broad SMARTS) is 1. The second kappa shape index (κ2) is 12.4. The van der Waals surface area contributed by atoms with Gasteiger partial charge in [0, 0.05) is 12.6 Å². The highest BCUT2D eigenvalue weighted by atomic mass is 16.5. The molecule has 0 radical (unpaired) electrons. The van der Waals surface area contributed by atoms with Crippen molar-refractivity contribution in [2.24, 2.45) is 0 Å². The van der Waals surface area contributed by atoms with E-state index in [2.05, 4.69) is 29.4 Å². The van der Waals surface area contributed by atoms with E-state index in [4.69, 9.17) is 9.84 Å². The molecule has 7 nitrogen and oxygen atoms in total. The van der Waals surface area contributed by atoms with Crippen LogP contribution < -0.4 is 10.6 Å². The van der Waals surface area contributed by atoms with E-state index in [1.807, 2.05) is 6.92 Å². The first-order valence-electron chi connectivity index (χ1n) is 7.55. The maximum atomic E-state index is 11.6. The molecule has 0 saturated heterocycles. The summed E-state index contributed by atoms with van der Waals surface area (Å²) in [5.74, 6) is -1.01. The van der Waals surface area contributed by atoms with Crippen LogP contribution in [0, 0.1) is 0 Å². The fraction of sp³-hybridized carbons (Fsp3) is 0.857. The Labute approximate surface area is 127 Å². The zero-order valence-corrected chi connectivity index (χ0v) is 13.4. The summed E-state index contributed by atoms with van der Waals surface area (Å²) in [6.45, 7) is 9.55. The molecule has 124 valence electrons. The van der Waals surface area contributed by atoms with Crippen LogP contribution in [0.1, 0.15) is 33.6 Å². The Balaban J connectivity index is 3.58. The molecular weight excluding hydrogens is 274 g/mol. The molecule has 2 amide bonds. The first-order chi connectivity index (χ1) is 9.99. The third kappa shape index (κ3) is 12.1. The Hall–Kier alpha value is -1.34. The van der Waals surface area contributed by atoms with E-state index < -0.39 is 5.97 Å². The molecule has 0 bridgehead atoms. The Morgan fingerprint density at radius 2 is 1.95 bits per heavy atom. The average Bonchev–Trinajstić information content (AvgIpc) is 2.42. The lowest BCUT2D eigenvalue weighted by atomic mass is 10.2. The van der Waals surface area contributed by atoms with E-state index in [1.165, 1.54) is 0 Å². The quantitative estimate of drug-likeness (QED) is 0.466. The third-order valence-electron chi connectivity index (χ3n) is 3.14. The minimum absolute atomic E-state index is 0.112. The van der Waals surface area contributed by atoms with Gasteiger partial charge in [-0.15, -0.1) is 0 Å². The smallest absolute Gasteiger partial charge is 0.329 e. The van der Waals surface area contributed by atoms with Crippen molar-refractivity contribution in [3.8, 4) is 0 Å². The van der Waals surface area contributed by atoms with E-state index in [-0.39, 0.29) is 25.3 Å². The molecule has 0 rings (SSSR count). The molecule has 0 saturated carbocycles. The Morgan fingerprint density at radius 1 is 1.29 bits per heavy atom. The average molecular weight is 303 g/mol. The lowest BCUT2D eigenvalue weighted by molar-refractivity contribution is -0.142. The van der Waals surface area contributed by atoms with Crippen molar-refractivity contribution in [3.05, 3.63) is 0 Å².